The Morgan fingerprint density at radius 1 is 0.342 bits per heavy atom. The lowest BCUT2D eigenvalue weighted by Crippen LogP contribution is -2.23. The molecule has 0 aliphatic heterocycles. The number of anilines is 6. The van der Waals surface area contributed by atoms with Crippen molar-refractivity contribution < 1.29 is 8.83 Å². The molecular weight excluding hydrogens is 889 g/mol. The first-order valence-corrected chi connectivity index (χ1v) is 25.5. The zero-order chi connectivity index (χ0) is 49.6. The SMILES string of the molecule is Cc1cc(N(c2ccc(C3(C)CC(C)(C)c4ccc(N(c5ccc(-c6ccccc6C)c(C)c5)c5ccc6oc7ccccc7c6c5)cc43)cc2)c2ccc3oc4ccccc4c3c2)ccc1-c1ccccc1. The first-order valence-electron chi connectivity index (χ1n) is 25.5. The van der Waals surface area contributed by atoms with Crippen molar-refractivity contribution in [1.29, 1.82) is 0 Å². The molecule has 12 aromatic rings. The van der Waals surface area contributed by atoms with Crippen molar-refractivity contribution in [2.24, 2.45) is 0 Å². The second-order valence-corrected chi connectivity index (χ2v) is 21.1. The van der Waals surface area contributed by atoms with Crippen molar-refractivity contribution >= 4 is 78.0 Å². The molecule has 0 amide bonds. The molecule has 1 aliphatic rings. The van der Waals surface area contributed by atoms with Crippen molar-refractivity contribution in [3.63, 3.8) is 0 Å². The monoisotopic (exact) mass is 944 g/mol. The summed E-state index contributed by atoms with van der Waals surface area (Å²) in [4.78, 5) is 4.83. The zero-order valence-corrected chi connectivity index (χ0v) is 42.2. The molecule has 0 saturated heterocycles. The Balaban J connectivity index is 0.929. The standard InChI is InChI=1S/C69H56N2O2/c1-44-16-10-11-19-56(44)57-34-29-51(39-46(57)3)71(53-32-37-67-61(41-53)59-21-13-15-23-65(59)73-67)54-30-35-62-63(42-54)69(6,43-68(62,4)5)48-24-26-49(27-25-48)70(50-28-33-55(45(2)38-50)47-17-8-7-9-18-47)52-31-36-66-60(40-52)58-20-12-14-22-64(58)72-66/h7-42H,43H2,1-6H3. The summed E-state index contributed by atoms with van der Waals surface area (Å²) in [7, 11) is 0. The smallest absolute Gasteiger partial charge is 0.135 e. The van der Waals surface area contributed by atoms with Crippen LogP contribution >= 0.6 is 0 Å². The average molecular weight is 945 g/mol. The lowest BCUT2D eigenvalue weighted by molar-refractivity contribution is 0.425. The van der Waals surface area contributed by atoms with Gasteiger partial charge in [-0.15, -0.1) is 0 Å². The molecule has 2 aromatic heterocycles. The van der Waals surface area contributed by atoms with Crippen molar-refractivity contribution in [2.45, 2.75) is 58.8 Å². The van der Waals surface area contributed by atoms with Gasteiger partial charge in [-0.25, -0.2) is 0 Å². The van der Waals surface area contributed by atoms with Crippen LogP contribution in [-0.4, -0.2) is 0 Å². The van der Waals surface area contributed by atoms with E-state index in [-0.39, 0.29) is 10.8 Å². The van der Waals surface area contributed by atoms with Gasteiger partial charge in [-0.05, 0) is 185 Å². The highest BCUT2D eigenvalue weighted by Gasteiger charge is 2.46. The molecule has 0 radical (unpaired) electrons. The van der Waals surface area contributed by atoms with Crippen LogP contribution in [0.4, 0.5) is 34.1 Å². The fourth-order valence-electron chi connectivity index (χ4n) is 12.3. The van der Waals surface area contributed by atoms with Gasteiger partial charge in [0.25, 0.3) is 0 Å². The van der Waals surface area contributed by atoms with E-state index in [2.05, 4.69) is 252 Å². The molecule has 2 heterocycles. The Morgan fingerprint density at radius 2 is 0.795 bits per heavy atom. The van der Waals surface area contributed by atoms with Gasteiger partial charge in [0, 0.05) is 61.1 Å². The quantitative estimate of drug-likeness (QED) is 0.144. The van der Waals surface area contributed by atoms with Crippen molar-refractivity contribution in [1.82, 2.24) is 0 Å². The zero-order valence-electron chi connectivity index (χ0n) is 42.2. The molecule has 73 heavy (non-hydrogen) atoms. The number of fused-ring (bicyclic) bond motifs is 7. The number of benzene rings is 10. The lowest BCUT2D eigenvalue weighted by atomic mass is 9.75. The summed E-state index contributed by atoms with van der Waals surface area (Å²) in [6.07, 6.45) is 0.976. The summed E-state index contributed by atoms with van der Waals surface area (Å²) in [5.74, 6) is 0. The van der Waals surface area contributed by atoms with Crippen LogP contribution in [0.3, 0.4) is 0 Å². The highest BCUT2D eigenvalue weighted by atomic mass is 16.3. The molecule has 0 fully saturated rings. The van der Waals surface area contributed by atoms with Crippen LogP contribution in [0.25, 0.3) is 66.1 Å². The van der Waals surface area contributed by atoms with Gasteiger partial charge in [-0.1, -0.05) is 142 Å². The van der Waals surface area contributed by atoms with E-state index in [1.54, 1.807) is 0 Å². The molecule has 4 nitrogen and oxygen atoms in total. The maximum Gasteiger partial charge on any atom is 0.135 e. The molecule has 1 aliphatic carbocycles. The maximum atomic E-state index is 6.36. The number of hydrogen-bond acceptors (Lipinski definition) is 4. The van der Waals surface area contributed by atoms with Crippen molar-refractivity contribution in [3.05, 3.63) is 252 Å². The normalized spacial score (nSPS) is 15.1. The van der Waals surface area contributed by atoms with E-state index in [1.807, 2.05) is 18.2 Å². The second-order valence-electron chi connectivity index (χ2n) is 21.1. The molecule has 0 saturated carbocycles. The predicted octanol–water partition coefficient (Wildman–Crippen LogP) is 19.7. The number of aryl methyl sites for hydroxylation is 3. The summed E-state index contributed by atoms with van der Waals surface area (Å²) >= 11 is 0. The molecule has 0 spiro atoms. The molecule has 354 valence electrons. The van der Waals surface area contributed by atoms with Crippen molar-refractivity contribution in [3.8, 4) is 22.3 Å². The maximum absolute atomic E-state index is 6.36. The number of nitrogens with zero attached hydrogens (tertiary/aromatic N) is 2. The molecule has 0 bridgehead atoms. The molecule has 13 rings (SSSR count). The second kappa shape index (κ2) is 17.0. The van der Waals surface area contributed by atoms with Crippen LogP contribution < -0.4 is 9.80 Å². The first kappa shape index (κ1) is 44.3. The summed E-state index contributed by atoms with van der Waals surface area (Å²) < 4.78 is 12.7. The van der Waals surface area contributed by atoms with Gasteiger partial charge in [0.2, 0.25) is 0 Å². The van der Waals surface area contributed by atoms with Crippen LogP contribution in [-0.2, 0) is 10.8 Å². The largest absolute Gasteiger partial charge is 0.456 e. The minimum atomic E-state index is -0.276. The highest BCUT2D eigenvalue weighted by Crippen LogP contribution is 2.55. The van der Waals surface area contributed by atoms with Crippen LogP contribution in [0.5, 0.6) is 0 Å². The number of furan rings is 2. The Morgan fingerprint density at radius 3 is 1.40 bits per heavy atom. The topological polar surface area (TPSA) is 32.8 Å². The lowest BCUT2D eigenvalue weighted by Gasteiger charge is -2.31. The Bertz CT molecular complexity index is 4100. The van der Waals surface area contributed by atoms with Gasteiger partial charge in [0.05, 0.1) is 0 Å². The minimum Gasteiger partial charge on any atom is -0.456 e. The van der Waals surface area contributed by atoms with Crippen molar-refractivity contribution in [2.75, 3.05) is 9.80 Å². The van der Waals surface area contributed by atoms with Crippen LogP contribution in [0.2, 0.25) is 0 Å². The molecule has 4 heteroatoms. The Labute approximate surface area is 427 Å². The number of para-hydroxylation sites is 2. The van der Waals surface area contributed by atoms with Gasteiger partial charge in [-0.3, -0.25) is 0 Å². The first-order chi connectivity index (χ1) is 35.5. The van der Waals surface area contributed by atoms with E-state index < -0.39 is 0 Å². The third-order valence-corrected chi connectivity index (χ3v) is 15.8. The molecular formula is C69H56N2O2. The molecule has 10 aromatic carbocycles. The molecule has 1 unspecified atom stereocenters. The minimum absolute atomic E-state index is 0.0562. The summed E-state index contributed by atoms with van der Waals surface area (Å²) in [5.41, 5.74) is 22.5. The van der Waals surface area contributed by atoms with Crippen LogP contribution in [0.1, 0.15) is 60.6 Å². The van der Waals surface area contributed by atoms with Gasteiger partial charge in [0.1, 0.15) is 22.3 Å². The van der Waals surface area contributed by atoms with Gasteiger partial charge < -0.3 is 18.6 Å². The third-order valence-electron chi connectivity index (χ3n) is 15.8. The molecule has 0 N–H and O–H groups in total. The fraction of sp³-hybridized carbons (Fsp3) is 0.130. The molecule has 1 atom stereocenters. The van der Waals surface area contributed by atoms with E-state index >= 15 is 0 Å². The third kappa shape index (κ3) is 7.43. The summed E-state index contributed by atoms with van der Waals surface area (Å²) in [5, 5.41) is 4.44. The number of hydrogen-bond donors (Lipinski definition) is 0. The van der Waals surface area contributed by atoms with E-state index in [1.165, 1.54) is 55.6 Å². The van der Waals surface area contributed by atoms with Gasteiger partial charge >= 0.3 is 0 Å². The Kier molecular flexibility index (Phi) is 10.3. The van der Waals surface area contributed by atoms with Gasteiger partial charge in [0.15, 0.2) is 0 Å². The average Bonchev–Trinajstić information content (AvgIpc) is 4.04. The van der Waals surface area contributed by atoms with Gasteiger partial charge in [-0.2, -0.15) is 0 Å². The predicted molar refractivity (Wildman–Crippen MR) is 306 cm³/mol. The Hall–Kier alpha value is -8.60. The van der Waals surface area contributed by atoms with Crippen LogP contribution in [0.15, 0.2) is 227 Å². The van der Waals surface area contributed by atoms with Crippen LogP contribution in [0, 0.1) is 20.8 Å². The fourth-order valence-corrected chi connectivity index (χ4v) is 12.3. The highest BCUT2D eigenvalue weighted by molar-refractivity contribution is 6.08. The summed E-state index contributed by atoms with van der Waals surface area (Å²) in [6.45, 7) is 13.9. The number of rotatable bonds is 9. The van der Waals surface area contributed by atoms with E-state index in [0.717, 1.165) is 84.4 Å². The van der Waals surface area contributed by atoms with E-state index in [0.29, 0.717) is 0 Å². The van der Waals surface area contributed by atoms with E-state index in [4.69, 9.17) is 8.83 Å². The van der Waals surface area contributed by atoms with E-state index in [9.17, 15) is 0 Å². The summed E-state index contributed by atoms with van der Waals surface area (Å²) in [6, 6.07) is 79.6.